The second-order valence-electron chi connectivity index (χ2n) is 15.7. The Balaban J connectivity index is 1.16. The van der Waals surface area contributed by atoms with Crippen molar-refractivity contribution in [3.63, 3.8) is 0 Å². The van der Waals surface area contributed by atoms with E-state index in [9.17, 15) is 0 Å². The SMILES string of the molecule is CC1(C)c2ccccc2-c2ccc(N(c3ccc(-c4ccc5ccccc5c4)cc3)c3ccc4sc5ccccc5c4c3-c3cccc(-c4ccccc4)c3)cc21. The topological polar surface area (TPSA) is 3.24 Å². The molecule has 57 heavy (non-hydrogen) atoms. The molecule has 0 amide bonds. The van der Waals surface area contributed by atoms with Gasteiger partial charge in [-0.2, -0.15) is 0 Å². The molecule has 1 heterocycles. The maximum atomic E-state index is 2.50. The van der Waals surface area contributed by atoms with Crippen LogP contribution in [0, 0.1) is 0 Å². The Morgan fingerprint density at radius 2 is 1.05 bits per heavy atom. The van der Waals surface area contributed by atoms with E-state index in [2.05, 4.69) is 219 Å². The van der Waals surface area contributed by atoms with Crippen molar-refractivity contribution in [2.45, 2.75) is 19.3 Å². The van der Waals surface area contributed by atoms with Gasteiger partial charge in [0.1, 0.15) is 0 Å². The second-order valence-corrected chi connectivity index (χ2v) is 16.8. The number of thiophene rings is 1. The Bertz CT molecular complexity index is 3150. The van der Waals surface area contributed by atoms with E-state index in [4.69, 9.17) is 0 Å². The molecule has 9 aromatic carbocycles. The monoisotopic (exact) mass is 745 g/mol. The molecule has 0 saturated carbocycles. The van der Waals surface area contributed by atoms with E-state index in [-0.39, 0.29) is 5.41 Å². The first-order valence-corrected chi connectivity index (χ1v) is 20.6. The summed E-state index contributed by atoms with van der Waals surface area (Å²) in [5, 5.41) is 5.09. The molecule has 1 aliphatic rings. The zero-order valence-corrected chi connectivity index (χ0v) is 32.7. The fraction of sp³-hybridized carbons (Fsp3) is 0.0545. The van der Waals surface area contributed by atoms with Gasteiger partial charge in [-0.1, -0.05) is 159 Å². The predicted octanol–water partition coefficient (Wildman–Crippen LogP) is 16.0. The van der Waals surface area contributed by atoms with Gasteiger partial charge in [0, 0.05) is 42.5 Å². The Labute approximate surface area is 337 Å². The van der Waals surface area contributed by atoms with Crippen molar-refractivity contribution >= 4 is 59.3 Å². The third kappa shape index (κ3) is 5.51. The van der Waals surface area contributed by atoms with E-state index < -0.39 is 0 Å². The van der Waals surface area contributed by atoms with Gasteiger partial charge >= 0.3 is 0 Å². The molecule has 1 aliphatic carbocycles. The standard InChI is InChI=1S/C55H39NS/c1-55(2)48-21-10-8-19-45(48)46-30-29-44(35-49(46)55)56(43-27-25-38(26-28-43)41-24-23-37-15-6-7-16-39(37)33-41)50-31-32-52-54(47-20-9-11-22-51(47)57-52)53(50)42-18-12-17-40(34-42)36-13-4-3-5-14-36/h3-35H,1-2H3. The van der Waals surface area contributed by atoms with Crippen molar-refractivity contribution in [3.8, 4) is 44.5 Å². The average molecular weight is 746 g/mol. The first-order valence-electron chi connectivity index (χ1n) is 19.8. The molecular formula is C55H39NS. The van der Waals surface area contributed by atoms with Crippen molar-refractivity contribution in [3.05, 3.63) is 211 Å². The zero-order valence-electron chi connectivity index (χ0n) is 31.9. The van der Waals surface area contributed by atoms with E-state index in [1.54, 1.807) is 0 Å². The van der Waals surface area contributed by atoms with Crippen LogP contribution in [-0.4, -0.2) is 0 Å². The summed E-state index contributed by atoms with van der Waals surface area (Å²) in [6.07, 6.45) is 0. The smallest absolute Gasteiger partial charge is 0.0547 e. The van der Waals surface area contributed by atoms with E-state index in [0.29, 0.717) is 0 Å². The van der Waals surface area contributed by atoms with Crippen LogP contribution in [0.15, 0.2) is 200 Å². The molecule has 1 aromatic heterocycles. The highest BCUT2D eigenvalue weighted by molar-refractivity contribution is 7.26. The van der Waals surface area contributed by atoms with Crippen molar-refractivity contribution < 1.29 is 0 Å². The molecule has 1 nitrogen and oxygen atoms in total. The van der Waals surface area contributed by atoms with Gasteiger partial charge in [-0.25, -0.2) is 0 Å². The maximum Gasteiger partial charge on any atom is 0.0547 e. The van der Waals surface area contributed by atoms with E-state index in [1.165, 1.54) is 86.6 Å². The minimum atomic E-state index is -0.131. The van der Waals surface area contributed by atoms with Gasteiger partial charge in [0.05, 0.1) is 5.69 Å². The summed E-state index contributed by atoms with van der Waals surface area (Å²) < 4.78 is 2.59. The van der Waals surface area contributed by atoms with Crippen molar-refractivity contribution in [1.29, 1.82) is 0 Å². The number of rotatable bonds is 6. The first kappa shape index (κ1) is 33.6. The second kappa shape index (κ2) is 13.2. The summed E-state index contributed by atoms with van der Waals surface area (Å²) in [5.41, 5.74) is 16.0. The van der Waals surface area contributed by atoms with Crippen LogP contribution in [0.1, 0.15) is 25.0 Å². The van der Waals surface area contributed by atoms with Gasteiger partial charge in [-0.05, 0) is 115 Å². The predicted molar refractivity (Wildman–Crippen MR) is 245 cm³/mol. The molecule has 0 saturated heterocycles. The molecule has 0 aliphatic heterocycles. The number of hydrogen-bond acceptors (Lipinski definition) is 2. The van der Waals surface area contributed by atoms with Crippen LogP contribution in [0.25, 0.3) is 75.5 Å². The summed E-state index contributed by atoms with van der Waals surface area (Å²) in [6.45, 7) is 4.74. The van der Waals surface area contributed by atoms with Crippen LogP contribution < -0.4 is 4.90 Å². The lowest BCUT2D eigenvalue weighted by Gasteiger charge is -2.30. The molecule has 0 radical (unpaired) electrons. The zero-order chi connectivity index (χ0) is 38.1. The Morgan fingerprint density at radius 3 is 1.93 bits per heavy atom. The van der Waals surface area contributed by atoms with Crippen LogP contribution in [0.4, 0.5) is 17.1 Å². The summed E-state index contributed by atoms with van der Waals surface area (Å²) in [5.74, 6) is 0. The molecule has 0 fully saturated rings. The number of fused-ring (bicyclic) bond motifs is 7. The summed E-state index contributed by atoms with van der Waals surface area (Å²) in [7, 11) is 0. The molecule has 10 aromatic rings. The van der Waals surface area contributed by atoms with E-state index >= 15 is 0 Å². The molecule has 2 heteroatoms. The van der Waals surface area contributed by atoms with Crippen molar-refractivity contribution in [1.82, 2.24) is 0 Å². The van der Waals surface area contributed by atoms with Gasteiger partial charge in [-0.15, -0.1) is 11.3 Å². The summed E-state index contributed by atoms with van der Waals surface area (Å²) in [6, 6.07) is 74.0. The van der Waals surface area contributed by atoms with Gasteiger partial charge in [0.2, 0.25) is 0 Å². The minimum absolute atomic E-state index is 0.131. The Hall–Kier alpha value is -6.74. The number of hydrogen-bond donors (Lipinski definition) is 0. The lowest BCUT2D eigenvalue weighted by molar-refractivity contribution is 0.660. The Morgan fingerprint density at radius 1 is 0.404 bits per heavy atom. The first-order chi connectivity index (χ1) is 28.0. The largest absolute Gasteiger partial charge is 0.310 e. The van der Waals surface area contributed by atoms with Crippen LogP contribution >= 0.6 is 11.3 Å². The lowest BCUT2D eigenvalue weighted by Crippen LogP contribution is -2.17. The Kier molecular flexibility index (Phi) is 7.77. The maximum absolute atomic E-state index is 2.50. The number of benzene rings is 9. The van der Waals surface area contributed by atoms with Crippen molar-refractivity contribution in [2.24, 2.45) is 0 Å². The van der Waals surface area contributed by atoms with Gasteiger partial charge in [0.25, 0.3) is 0 Å². The normalized spacial score (nSPS) is 12.9. The molecule has 0 spiro atoms. The van der Waals surface area contributed by atoms with Crippen LogP contribution in [0.2, 0.25) is 0 Å². The van der Waals surface area contributed by atoms with Gasteiger partial charge in [0.15, 0.2) is 0 Å². The summed E-state index contributed by atoms with van der Waals surface area (Å²) >= 11 is 1.87. The highest BCUT2D eigenvalue weighted by atomic mass is 32.1. The van der Waals surface area contributed by atoms with Crippen LogP contribution in [0.3, 0.4) is 0 Å². The molecule has 270 valence electrons. The molecular weight excluding hydrogens is 707 g/mol. The summed E-state index contributed by atoms with van der Waals surface area (Å²) in [4.78, 5) is 2.50. The number of anilines is 3. The highest BCUT2D eigenvalue weighted by Crippen LogP contribution is 2.53. The molecule has 0 unspecified atom stereocenters. The van der Waals surface area contributed by atoms with Crippen molar-refractivity contribution in [2.75, 3.05) is 4.90 Å². The fourth-order valence-electron chi connectivity index (χ4n) is 9.20. The van der Waals surface area contributed by atoms with Gasteiger partial charge in [-0.3, -0.25) is 0 Å². The van der Waals surface area contributed by atoms with E-state index in [1.807, 2.05) is 11.3 Å². The van der Waals surface area contributed by atoms with Crippen LogP contribution in [-0.2, 0) is 5.41 Å². The van der Waals surface area contributed by atoms with Gasteiger partial charge < -0.3 is 4.90 Å². The third-order valence-electron chi connectivity index (χ3n) is 12.1. The quantitative estimate of drug-likeness (QED) is 0.164. The molecule has 0 atom stereocenters. The minimum Gasteiger partial charge on any atom is -0.310 e. The lowest BCUT2D eigenvalue weighted by atomic mass is 9.82. The average Bonchev–Trinajstić information content (AvgIpc) is 3.76. The molecule has 11 rings (SSSR count). The highest BCUT2D eigenvalue weighted by Gasteiger charge is 2.36. The van der Waals surface area contributed by atoms with Crippen LogP contribution in [0.5, 0.6) is 0 Å². The van der Waals surface area contributed by atoms with E-state index in [0.717, 1.165) is 17.1 Å². The third-order valence-corrected chi connectivity index (χ3v) is 13.2. The molecule has 0 bridgehead atoms. The number of nitrogens with zero attached hydrogens (tertiary/aromatic N) is 1. The molecule has 0 N–H and O–H groups in total. The fourth-order valence-corrected chi connectivity index (χ4v) is 10.3.